The first-order valence-electron chi connectivity index (χ1n) is 2.61. The van der Waals surface area contributed by atoms with E-state index in [0.717, 1.165) is 12.8 Å². The minimum absolute atomic E-state index is 0.296. The largest absolute Gasteiger partial charge is 0.443 e. The van der Waals surface area contributed by atoms with Crippen molar-refractivity contribution in [3.05, 3.63) is 0 Å². The fourth-order valence-electron chi connectivity index (χ4n) is 0.926. The summed E-state index contributed by atoms with van der Waals surface area (Å²) in [7, 11) is 0. The summed E-state index contributed by atoms with van der Waals surface area (Å²) >= 11 is 0. The van der Waals surface area contributed by atoms with Crippen LogP contribution in [0.4, 0.5) is 0 Å². The Kier molecular flexibility index (Phi) is 1.10. The van der Waals surface area contributed by atoms with Gasteiger partial charge in [-0.1, -0.05) is 0 Å². The van der Waals surface area contributed by atoms with Gasteiger partial charge in [-0.05, 0) is 12.8 Å². The lowest BCUT2D eigenvalue weighted by atomic mass is 10.3. The molecule has 0 amide bonds. The molecule has 36 valence electrons. The van der Waals surface area contributed by atoms with Crippen LogP contribution in [0.15, 0.2) is 0 Å². The van der Waals surface area contributed by atoms with Crippen molar-refractivity contribution >= 4 is 0 Å². The fraction of sp³-hybridized carbons (Fsp3) is 1.00. The first-order chi connectivity index (χ1) is 2.89. The zero-order valence-electron chi connectivity index (χ0n) is 3.91. The van der Waals surface area contributed by atoms with Crippen molar-refractivity contribution < 1.29 is 5.11 Å². The Morgan fingerprint density at radius 3 is 1.83 bits per heavy atom. The molecule has 1 saturated carbocycles. The molecule has 0 heterocycles. The zero-order chi connectivity index (χ0) is 4.41. The molecule has 1 aliphatic carbocycles. The van der Waals surface area contributed by atoms with Crippen molar-refractivity contribution in [2.75, 3.05) is 0 Å². The Morgan fingerprint density at radius 1 is 1.17 bits per heavy atom. The molecule has 1 fully saturated rings. The van der Waals surface area contributed by atoms with E-state index in [9.17, 15) is 0 Å². The van der Waals surface area contributed by atoms with E-state index in [0.29, 0.717) is 6.10 Å². The maximum absolute atomic E-state index is 7.13. The highest BCUT2D eigenvalue weighted by molar-refractivity contribution is 4.63. The molecule has 1 heteroatoms. The van der Waals surface area contributed by atoms with Crippen molar-refractivity contribution in [1.29, 1.82) is 0 Å². The Morgan fingerprint density at radius 2 is 1.67 bits per heavy atom. The Bertz CT molecular complexity index is 37.2. The quantitative estimate of drug-likeness (QED) is 0.387. The Balaban J connectivity index is 2.18. The van der Waals surface area contributed by atoms with Gasteiger partial charge in [-0.2, -0.15) is 0 Å². The summed E-state index contributed by atoms with van der Waals surface area (Å²) in [5, 5.41) is 7.13. The van der Waals surface area contributed by atoms with Gasteiger partial charge in [0.2, 0.25) is 0 Å². The van der Waals surface area contributed by atoms with Crippen molar-refractivity contribution in [1.82, 2.24) is 0 Å². The minimum Gasteiger partial charge on any atom is -0.443 e. The second-order valence-electron chi connectivity index (χ2n) is 1.98. The monoisotopic (exact) mass is 87.1 g/mol. The van der Waals surface area contributed by atoms with E-state index in [1.165, 1.54) is 12.8 Å². The van der Waals surface area contributed by atoms with Gasteiger partial charge in [0.25, 0.3) is 0 Å². The fourth-order valence-corrected chi connectivity index (χ4v) is 0.926. The molecule has 0 aliphatic heterocycles. The number of hydrogen-bond donors (Lipinski definition) is 0. The van der Waals surface area contributed by atoms with Gasteiger partial charge in [-0.3, -0.25) is 0 Å². The van der Waals surface area contributed by atoms with Gasteiger partial charge < -0.3 is 5.11 Å². The van der Waals surface area contributed by atoms with Crippen LogP contribution in [0, 0.1) is 0 Å². The van der Waals surface area contributed by atoms with Crippen LogP contribution >= 0.6 is 0 Å². The van der Waals surface area contributed by atoms with E-state index in [1.807, 2.05) is 0 Å². The summed E-state index contributed by atoms with van der Waals surface area (Å²) in [6.07, 6.45) is 5.20. The maximum Gasteiger partial charge on any atom is 0.153 e. The summed E-state index contributed by atoms with van der Waals surface area (Å²) in [6.45, 7) is 0. The van der Waals surface area contributed by atoms with Crippen molar-refractivity contribution in [3.8, 4) is 0 Å². The molecule has 0 saturated heterocycles. The van der Waals surface area contributed by atoms with Crippen LogP contribution in [0.25, 0.3) is 0 Å². The van der Waals surface area contributed by atoms with Gasteiger partial charge in [0.05, 0.1) is 0 Å². The molecular formula is C5H11O+. The van der Waals surface area contributed by atoms with Crippen LogP contribution in [-0.4, -0.2) is 11.2 Å². The summed E-state index contributed by atoms with van der Waals surface area (Å²) in [5.41, 5.74) is 0. The van der Waals surface area contributed by atoms with Crippen LogP contribution in [0.5, 0.6) is 0 Å². The molecule has 1 rings (SSSR count). The van der Waals surface area contributed by atoms with Crippen LogP contribution in [0.3, 0.4) is 0 Å². The smallest absolute Gasteiger partial charge is 0.153 e. The van der Waals surface area contributed by atoms with Crippen molar-refractivity contribution in [3.63, 3.8) is 0 Å². The van der Waals surface area contributed by atoms with E-state index in [-0.39, 0.29) is 0 Å². The Hall–Kier alpha value is -0.0400. The predicted molar refractivity (Wildman–Crippen MR) is 25.9 cm³/mol. The second kappa shape index (κ2) is 1.61. The standard InChI is InChI=1S/C5H10O/c6-5-3-1-2-4-5/h5-6H,1-4H2/p+1. The van der Waals surface area contributed by atoms with Crippen LogP contribution in [0.1, 0.15) is 25.7 Å². The Labute approximate surface area is 38.0 Å². The minimum atomic E-state index is 0.296. The highest BCUT2D eigenvalue weighted by Crippen LogP contribution is 2.16. The predicted octanol–water partition coefficient (Wildman–Crippen LogP) is 0.654. The van der Waals surface area contributed by atoms with E-state index < -0.39 is 0 Å². The normalized spacial score (nSPS) is 25.5. The van der Waals surface area contributed by atoms with Gasteiger partial charge in [0, 0.05) is 12.8 Å². The third-order valence-electron chi connectivity index (χ3n) is 1.36. The lowest BCUT2D eigenvalue weighted by molar-refractivity contribution is 0.183. The summed E-state index contributed by atoms with van der Waals surface area (Å²) < 4.78 is 0. The lowest BCUT2D eigenvalue weighted by Gasteiger charge is -1.86. The van der Waals surface area contributed by atoms with Crippen molar-refractivity contribution in [2.45, 2.75) is 31.8 Å². The van der Waals surface area contributed by atoms with E-state index in [4.69, 9.17) is 5.11 Å². The highest BCUT2D eigenvalue weighted by Gasteiger charge is 2.13. The number of rotatable bonds is 0. The molecular weight excluding hydrogens is 76.1 g/mol. The number of hydrogen-bond acceptors (Lipinski definition) is 0. The summed E-state index contributed by atoms with van der Waals surface area (Å²) in [4.78, 5) is 0. The van der Waals surface area contributed by atoms with Crippen molar-refractivity contribution in [2.24, 2.45) is 0 Å². The molecule has 1 nitrogen and oxygen atoms in total. The first-order valence-corrected chi connectivity index (χ1v) is 2.61. The maximum atomic E-state index is 7.13. The van der Waals surface area contributed by atoms with Crippen LogP contribution < -0.4 is 0 Å². The molecule has 0 bridgehead atoms. The first kappa shape index (κ1) is 4.13. The molecule has 0 aromatic rings. The summed E-state index contributed by atoms with van der Waals surface area (Å²) in [5.74, 6) is 0. The molecule has 0 spiro atoms. The van der Waals surface area contributed by atoms with Crippen LogP contribution in [0.2, 0.25) is 0 Å². The molecule has 0 radical (unpaired) electrons. The summed E-state index contributed by atoms with van der Waals surface area (Å²) in [6, 6.07) is 0. The van der Waals surface area contributed by atoms with Gasteiger partial charge in [0.15, 0.2) is 6.10 Å². The third kappa shape index (κ3) is 0.716. The molecule has 1 aliphatic rings. The van der Waals surface area contributed by atoms with Gasteiger partial charge in [-0.15, -0.1) is 0 Å². The average molecular weight is 87.1 g/mol. The SMILES string of the molecule is [OH2+]C1CCCC1. The molecule has 2 N–H and O–H groups in total. The van der Waals surface area contributed by atoms with E-state index in [2.05, 4.69) is 0 Å². The van der Waals surface area contributed by atoms with Crippen LogP contribution in [-0.2, 0) is 0 Å². The topological polar surface area (TPSA) is 22.9 Å². The molecule has 0 atom stereocenters. The highest BCUT2D eigenvalue weighted by atomic mass is 16.3. The molecule has 0 aromatic heterocycles. The third-order valence-corrected chi connectivity index (χ3v) is 1.36. The molecule has 0 aromatic carbocycles. The van der Waals surface area contributed by atoms with E-state index >= 15 is 0 Å². The van der Waals surface area contributed by atoms with E-state index in [1.54, 1.807) is 0 Å². The second-order valence-corrected chi connectivity index (χ2v) is 1.98. The average Bonchev–Trinajstić information content (AvgIpc) is 1.86. The zero-order valence-corrected chi connectivity index (χ0v) is 3.91. The van der Waals surface area contributed by atoms with Gasteiger partial charge in [-0.25, -0.2) is 0 Å². The van der Waals surface area contributed by atoms with Gasteiger partial charge >= 0.3 is 0 Å². The van der Waals surface area contributed by atoms with Gasteiger partial charge in [0.1, 0.15) is 0 Å². The lowest BCUT2D eigenvalue weighted by Crippen LogP contribution is -1.94. The molecule has 6 heavy (non-hydrogen) atoms. The molecule has 0 unspecified atom stereocenters.